The summed E-state index contributed by atoms with van der Waals surface area (Å²) in [7, 11) is 0. The minimum Gasteiger partial charge on any atom is -0.315 e. The van der Waals surface area contributed by atoms with Gasteiger partial charge in [-0.3, -0.25) is 0 Å². The molecular weight excluding hydrogens is 224 g/mol. The van der Waals surface area contributed by atoms with Crippen LogP contribution in [0.3, 0.4) is 0 Å². The van der Waals surface area contributed by atoms with Crippen LogP contribution >= 0.6 is 0 Å². The zero-order valence-corrected chi connectivity index (χ0v) is 12.4. The highest BCUT2D eigenvalue weighted by atomic mass is 15.2. The second-order valence-electron chi connectivity index (χ2n) is 5.08. The number of rotatable bonds is 2. The first-order chi connectivity index (χ1) is 8.86. The first-order valence-electron chi connectivity index (χ1n) is 7.73. The molecule has 1 heterocycles. The van der Waals surface area contributed by atoms with E-state index in [0.717, 1.165) is 26.2 Å². The molecule has 1 saturated heterocycles. The maximum absolute atomic E-state index is 3.50. The minimum absolute atomic E-state index is 1.10. The summed E-state index contributed by atoms with van der Waals surface area (Å²) >= 11 is 0. The topological polar surface area (TPSA) is 30.5 Å². The van der Waals surface area contributed by atoms with Crippen LogP contribution in [0.25, 0.3) is 0 Å². The molecule has 0 saturated carbocycles. The Bertz CT molecular complexity index is 167. The van der Waals surface area contributed by atoms with Gasteiger partial charge >= 0.3 is 0 Å². The van der Waals surface area contributed by atoms with Gasteiger partial charge in [0.15, 0.2) is 0 Å². The van der Waals surface area contributed by atoms with Crippen LogP contribution in [0, 0.1) is 0 Å². The van der Waals surface area contributed by atoms with E-state index in [1.165, 1.54) is 52.1 Å². The smallest absolute Gasteiger partial charge is 0.0109 e. The van der Waals surface area contributed by atoms with Gasteiger partial charge in [-0.15, -0.1) is 0 Å². The van der Waals surface area contributed by atoms with E-state index < -0.39 is 0 Å². The van der Waals surface area contributed by atoms with E-state index in [1.54, 1.807) is 0 Å². The molecule has 1 fully saturated rings. The van der Waals surface area contributed by atoms with Gasteiger partial charge in [0.1, 0.15) is 0 Å². The fourth-order valence-corrected chi connectivity index (χ4v) is 2.42. The van der Waals surface area contributed by atoms with Crippen LogP contribution in [0.15, 0.2) is 0 Å². The third kappa shape index (κ3) is 7.31. The van der Waals surface area contributed by atoms with Crippen molar-refractivity contribution in [3.63, 3.8) is 0 Å². The van der Waals surface area contributed by atoms with Crippen molar-refractivity contribution in [3.05, 3.63) is 0 Å². The van der Waals surface area contributed by atoms with Crippen LogP contribution in [0.5, 0.6) is 0 Å². The van der Waals surface area contributed by atoms with Gasteiger partial charge in [-0.2, -0.15) is 0 Å². The largest absolute Gasteiger partial charge is 0.315 e. The fourth-order valence-electron chi connectivity index (χ4n) is 2.42. The summed E-state index contributed by atoms with van der Waals surface area (Å²) < 4.78 is 0. The molecule has 0 bridgehead atoms. The Morgan fingerprint density at radius 1 is 0.667 bits per heavy atom. The molecule has 0 spiro atoms. The number of nitrogens with one attached hydrogen (secondary N) is 2. The van der Waals surface area contributed by atoms with Gasteiger partial charge in [0.2, 0.25) is 0 Å². The lowest BCUT2D eigenvalue weighted by Crippen LogP contribution is -2.38. The molecule has 0 aromatic carbocycles. The quantitative estimate of drug-likeness (QED) is 0.758. The van der Waals surface area contributed by atoms with Crippen molar-refractivity contribution in [1.82, 2.24) is 20.4 Å². The number of hydrogen-bond donors (Lipinski definition) is 2. The first kappa shape index (κ1) is 15.9. The Labute approximate surface area is 113 Å². The minimum atomic E-state index is 1.10. The molecule has 4 heteroatoms. The molecule has 0 radical (unpaired) electrons. The van der Waals surface area contributed by atoms with Gasteiger partial charge < -0.3 is 20.4 Å². The van der Waals surface area contributed by atoms with Crippen LogP contribution in [0.1, 0.15) is 26.7 Å². The molecule has 4 nitrogen and oxygen atoms in total. The number of nitrogens with zero attached hydrogens (tertiary/aromatic N) is 2. The van der Waals surface area contributed by atoms with Crippen molar-refractivity contribution in [3.8, 4) is 0 Å². The third-order valence-corrected chi connectivity index (χ3v) is 3.76. The second kappa shape index (κ2) is 10.7. The average Bonchev–Trinajstić information content (AvgIpc) is 2.41. The molecule has 0 aromatic rings. The summed E-state index contributed by atoms with van der Waals surface area (Å²) in [6, 6.07) is 0. The Morgan fingerprint density at radius 2 is 1.11 bits per heavy atom. The molecule has 0 aliphatic carbocycles. The Hall–Kier alpha value is -0.160. The molecule has 1 aliphatic rings. The zero-order valence-electron chi connectivity index (χ0n) is 12.4. The number of hydrogen-bond acceptors (Lipinski definition) is 4. The summed E-state index contributed by atoms with van der Waals surface area (Å²) in [6.07, 6.45) is 2.53. The summed E-state index contributed by atoms with van der Waals surface area (Å²) in [5.41, 5.74) is 0. The molecule has 1 rings (SSSR count). The lowest BCUT2D eigenvalue weighted by Gasteiger charge is -2.26. The highest BCUT2D eigenvalue weighted by Gasteiger charge is 2.07. The SMILES string of the molecule is CCN1CCCNCCNCCCN(CC)CC1. The predicted octanol–water partition coefficient (Wildman–Crippen LogP) is 0.603. The molecule has 0 unspecified atom stereocenters. The van der Waals surface area contributed by atoms with Crippen LogP contribution in [0.2, 0.25) is 0 Å². The van der Waals surface area contributed by atoms with Crippen molar-refractivity contribution in [2.24, 2.45) is 0 Å². The van der Waals surface area contributed by atoms with Gasteiger partial charge in [0, 0.05) is 26.2 Å². The normalized spacial score (nSPS) is 23.7. The Morgan fingerprint density at radius 3 is 1.50 bits per heavy atom. The standard InChI is InChI=1S/C14H32N4/c1-3-17-11-5-7-15-9-10-16-8-6-12-18(4-2)14-13-17/h15-16H,3-14H2,1-2H3. The predicted molar refractivity (Wildman–Crippen MR) is 79.2 cm³/mol. The van der Waals surface area contributed by atoms with Crippen LogP contribution < -0.4 is 10.6 Å². The fraction of sp³-hybridized carbons (Fsp3) is 1.00. The molecule has 0 atom stereocenters. The number of likely N-dealkylation sites (N-methyl/N-ethyl adjacent to an activating group) is 2. The zero-order chi connectivity index (χ0) is 13.1. The Kier molecular flexibility index (Phi) is 9.48. The van der Waals surface area contributed by atoms with Crippen molar-refractivity contribution in [2.75, 3.05) is 65.4 Å². The Balaban J connectivity index is 2.33. The maximum atomic E-state index is 3.50. The second-order valence-corrected chi connectivity index (χ2v) is 5.08. The van der Waals surface area contributed by atoms with Gasteiger partial charge in [0.25, 0.3) is 0 Å². The monoisotopic (exact) mass is 256 g/mol. The lowest BCUT2D eigenvalue weighted by atomic mass is 10.3. The molecule has 1 aliphatic heterocycles. The summed E-state index contributed by atoms with van der Waals surface area (Å²) in [5, 5.41) is 7.01. The molecular formula is C14H32N4. The molecule has 108 valence electrons. The average molecular weight is 256 g/mol. The summed E-state index contributed by atoms with van der Waals surface area (Å²) in [4.78, 5) is 5.16. The highest BCUT2D eigenvalue weighted by molar-refractivity contribution is 4.64. The van der Waals surface area contributed by atoms with E-state index in [2.05, 4.69) is 34.3 Å². The van der Waals surface area contributed by atoms with Crippen molar-refractivity contribution >= 4 is 0 Å². The molecule has 18 heavy (non-hydrogen) atoms. The maximum Gasteiger partial charge on any atom is 0.0109 e. The van der Waals surface area contributed by atoms with Gasteiger partial charge in [-0.05, 0) is 52.1 Å². The molecule has 0 aromatic heterocycles. The van der Waals surface area contributed by atoms with E-state index >= 15 is 0 Å². The van der Waals surface area contributed by atoms with Gasteiger partial charge in [-0.25, -0.2) is 0 Å². The van der Waals surface area contributed by atoms with E-state index in [0.29, 0.717) is 0 Å². The van der Waals surface area contributed by atoms with E-state index in [4.69, 9.17) is 0 Å². The summed E-state index contributed by atoms with van der Waals surface area (Å²) in [6.45, 7) is 16.3. The van der Waals surface area contributed by atoms with Crippen molar-refractivity contribution in [1.29, 1.82) is 0 Å². The van der Waals surface area contributed by atoms with E-state index in [1.807, 2.05) is 0 Å². The first-order valence-corrected chi connectivity index (χ1v) is 7.73. The van der Waals surface area contributed by atoms with Gasteiger partial charge in [0.05, 0.1) is 0 Å². The van der Waals surface area contributed by atoms with Crippen LogP contribution in [-0.4, -0.2) is 75.2 Å². The van der Waals surface area contributed by atoms with Crippen LogP contribution in [-0.2, 0) is 0 Å². The molecule has 0 amide bonds. The van der Waals surface area contributed by atoms with Gasteiger partial charge in [-0.1, -0.05) is 13.8 Å². The van der Waals surface area contributed by atoms with E-state index in [9.17, 15) is 0 Å². The summed E-state index contributed by atoms with van der Waals surface area (Å²) in [5.74, 6) is 0. The highest BCUT2D eigenvalue weighted by Crippen LogP contribution is 1.96. The lowest BCUT2D eigenvalue weighted by molar-refractivity contribution is 0.210. The molecule has 2 N–H and O–H groups in total. The van der Waals surface area contributed by atoms with Crippen molar-refractivity contribution in [2.45, 2.75) is 26.7 Å². The van der Waals surface area contributed by atoms with E-state index in [-0.39, 0.29) is 0 Å². The van der Waals surface area contributed by atoms with Crippen LogP contribution in [0.4, 0.5) is 0 Å². The third-order valence-electron chi connectivity index (χ3n) is 3.76. The van der Waals surface area contributed by atoms with Crippen molar-refractivity contribution < 1.29 is 0 Å².